The van der Waals surface area contributed by atoms with Gasteiger partial charge in [-0.2, -0.15) is 0 Å². The number of ether oxygens (including phenoxy) is 2. The van der Waals surface area contributed by atoms with E-state index in [2.05, 4.69) is 9.47 Å². The van der Waals surface area contributed by atoms with E-state index in [4.69, 9.17) is 0 Å². The fourth-order valence-corrected chi connectivity index (χ4v) is 1.89. The first-order valence-corrected chi connectivity index (χ1v) is 7.43. The summed E-state index contributed by atoms with van der Waals surface area (Å²) in [6, 6.07) is 9.22. The summed E-state index contributed by atoms with van der Waals surface area (Å²) in [5, 5.41) is 0. The van der Waals surface area contributed by atoms with Crippen LogP contribution in [0, 0.1) is 0 Å². The van der Waals surface area contributed by atoms with Crippen LogP contribution in [0.25, 0.3) is 6.08 Å². The molecule has 0 heterocycles. The van der Waals surface area contributed by atoms with Gasteiger partial charge in [0.25, 0.3) is 0 Å². The van der Waals surface area contributed by atoms with Gasteiger partial charge in [0.2, 0.25) is 0 Å². The molecule has 0 aliphatic heterocycles. The molecule has 0 atom stereocenters. The van der Waals surface area contributed by atoms with Crippen LogP contribution >= 0.6 is 0 Å². The first-order valence-electron chi connectivity index (χ1n) is 7.43. The van der Waals surface area contributed by atoms with E-state index in [9.17, 15) is 14.4 Å². The van der Waals surface area contributed by atoms with Crippen molar-refractivity contribution in [2.24, 2.45) is 0 Å². The Balaban J connectivity index is 3.21. The van der Waals surface area contributed by atoms with Crippen LogP contribution < -0.4 is 0 Å². The predicted octanol–water partition coefficient (Wildman–Crippen LogP) is 1.99. The summed E-state index contributed by atoms with van der Waals surface area (Å²) in [7, 11) is 5.72. The molecule has 0 spiro atoms. The average molecular weight is 343 g/mol. The lowest BCUT2D eigenvalue weighted by atomic mass is 10.0. The van der Waals surface area contributed by atoms with Gasteiger partial charge in [0.05, 0.1) is 25.4 Å². The molecule has 0 unspecified atom stereocenters. The molecule has 132 valence electrons. The SMILES string of the molecule is COC(=O)C(=C\N(C)C)/C(=C\C(=O)/C=C/c1ccccc1)C(=O)OC. The molecule has 0 fully saturated rings. The largest absolute Gasteiger partial charge is 0.465 e. The Hall–Kier alpha value is -3.15. The lowest BCUT2D eigenvalue weighted by molar-refractivity contribution is -0.139. The highest BCUT2D eigenvalue weighted by Crippen LogP contribution is 2.15. The first kappa shape index (κ1) is 19.9. The van der Waals surface area contributed by atoms with Crippen molar-refractivity contribution < 1.29 is 23.9 Å². The van der Waals surface area contributed by atoms with Crippen LogP contribution in [-0.2, 0) is 23.9 Å². The second kappa shape index (κ2) is 9.87. The zero-order valence-electron chi connectivity index (χ0n) is 14.7. The monoisotopic (exact) mass is 343 g/mol. The van der Waals surface area contributed by atoms with Crippen LogP contribution in [0.5, 0.6) is 0 Å². The van der Waals surface area contributed by atoms with Gasteiger partial charge < -0.3 is 14.4 Å². The number of rotatable bonds is 7. The number of ketones is 1. The maximum atomic E-state index is 12.2. The smallest absolute Gasteiger partial charge is 0.340 e. The van der Waals surface area contributed by atoms with Crippen LogP contribution in [0.1, 0.15) is 5.56 Å². The van der Waals surface area contributed by atoms with Gasteiger partial charge in [0.15, 0.2) is 5.78 Å². The van der Waals surface area contributed by atoms with Crippen molar-refractivity contribution in [3.05, 3.63) is 65.4 Å². The summed E-state index contributed by atoms with van der Waals surface area (Å²) < 4.78 is 9.37. The van der Waals surface area contributed by atoms with E-state index in [1.165, 1.54) is 26.5 Å². The zero-order chi connectivity index (χ0) is 18.8. The number of benzene rings is 1. The van der Waals surface area contributed by atoms with E-state index in [0.717, 1.165) is 11.6 Å². The third kappa shape index (κ3) is 6.47. The van der Waals surface area contributed by atoms with Crippen molar-refractivity contribution in [1.29, 1.82) is 0 Å². The van der Waals surface area contributed by atoms with Crippen LogP contribution in [0.4, 0.5) is 0 Å². The Labute approximate surface area is 147 Å². The van der Waals surface area contributed by atoms with Crippen LogP contribution in [-0.4, -0.2) is 50.9 Å². The Kier molecular flexibility index (Phi) is 7.86. The first-order chi connectivity index (χ1) is 11.9. The van der Waals surface area contributed by atoms with Crippen molar-refractivity contribution in [3.63, 3.8) is 0 Å². The Bertz CT molecular complexity index is 715. The Morgan fingerprint density at radius 3 is 2.00 bits per heavy atom. The Morgan fingerprint density at radius 1 is 0.920 bits per heavy atom. The number of hydrogen-bond acceptors (Lipinski definition) is 6. The van der Waals surface area contributed by atoms with E-state index < -0.39 is 17.7 Å². The van der Waals surface area contributed by atoms with Gasteiger partial charge in [0.1, 0.15) is 0 Å². The second-order valence-corrected chi connectivity index (χ2v) is 5.19. The molecule has 1 rings (SSSR count). The summed E-state index contributed by atoms with van der Waals surface area (Å²) in [5.41, 5.74) is 0.590. The molecule has 1 aromatic rings. The van der Waals surface area contributed by atoms with Gasteiger partial charge >= 0.3 is 11.9 Å². The van der Waals surface area contributed by atoms with Gasteiger partial charge in [-0.1, -0.05) is 36.4 Å². The quantitative estimate of drug-likeness (QED) is 0.428. The topological polar surface area (TPSA) is 72.9 Å². The van der Waals surface area contributed by atoms with E-state index in [-0.39, 0.29) is 11.1 Å². The molecule has 0 saturated heterocycles. The number of hydrogen-bond donors (Lipinski definition) is 0. The van der Waals surface area contributed by atoms with Gasteiger partial charge in [-0.25, -0.2) is 9.59 Å². The summed E-state index contributed by atoms with van der Waals surface area (Å²) in [5.74, 6) is -2.01. The average Bonchev–Trinajstić information content (AvgIpc) is 2.62. The molecular formula is C19H21NO5. The second-order valence-electron chi connectivity index (χ2n) is 5.19. The van der Waals surface area contributed by atoms with Crippen molar-refractivity contribution in [3.8, 4) is 0 Å². The maximum absolute atomic E-state index is 12.2. The normalized spacial score (nSPS) is 12.0. The number of nitrogens with zero attached hydrogens (tertiary/aromatic N) is 1. The van der Waals surface area contributed by atoms with Crippen molar-refractivity contribution >= 4 is 23.8 Å². The van der Waals surface area contributed by atoms with Crippen LogP contribution in [0.2, 0.25) is 0 Å². The minimum atomic E-state index is -0.806. The number of methoxy groups -OCH3 is 2. The molecule has 0 N–H and O–H groups in total. The molecule has 0 radical (unpaired) electrons. The highest BCUT2D eigenvalue weighted by Gasteiger charge is 2.23. The predicted molar refractivity (Wildman–Crippen MR) is 94.4 cm³/mol. The number of carbonyl (C=O) groups excluding carboxylic acids is 3. The zero-order valence-corrected chi connectivity index (χ0v) is 14.7. The standard InChI is InChI=1S/C19H21NO5/c1-20(2)13-17(19(23)25-4)16(18(22)24-3)12-15(21)11-10-14-8-6-5-7-9-14/h5-13H,1-4H3/b11-10+,16-12+,17-13-. The molecule has 0 bridgehead atoms. The lowest BCUT2D eigenvalue weighted by Gasteiger charge is -2.12. The van der Waals surface area contributed by atoms with E-state index in [1.54, 1.807) is 25.1 Å². The minimum absolute atomic E-state index is 0.0687. The van der Waals surface area contributed by atoms with Crippen molar-refractivity contribution in [2.75, 3.05) is 28.3 Å². The summed E-state index contributed by atoms with van der Waals surface area (Å²) in [6.45, 7) is 0. The summed E-state index contributed by atoms with van der Waals surface area (Å²) >= 11 is 0. The lowest BCUT2D eigenvalue weighted by Crippen LogP contribution is -2.18. The number of esters is 2. The molecule has 6 heteroatoms. The molecule has 1 aromatic carbocycles. The molecule has 0 aliphatic carbocycles. The van der Waals surface area contributed by atoms with Gasteiger partial charge in [-0.05, 0) is 11.6 Å². The Morgan fingerprint density at radius 2 is 1.48 bits per heavy atom. The fourth-order valence-electron chi connectivity index (χ4n) is 1.89. The molecule has 25 heavy (non-hydrogen) atoms. The highest BCUT2D eigenvalue weighted by molar-refractivity contribution is 6.13. The van der Waals surface area contributed by atoms with Crippen LogP contribution in [0.15, 0.2) is 59.8 Å². The highest BCUT2D eigenvalue weighted by atomic mass is 16.5. The fraction of sp³-hybridized carbons (Fsp3) is 0.211. The summed E-state index contributed by atoms with van der Waals surface area (Å²) in [6.07, 6.45) is 5.37. The third-order valence-electron chi connectivity index (χ3n) is 3.01. The summed E-state index contributed by atoms with van der Waals surface area (Å²) in [4.78, 5) is 37.8. The molecule has 0 aromatic heterocycles. The molecule has 0 amide bonds. The number of allylic oxidation sites excluding steroid dienone is 2. The molecular weight excluding hydrogens is 322 g/mol. The van der Waals surface area contributed by atoms with Gasteiger partial charge in [0, 0.05) is 26.4 Å². The van der Waals surface area contributed by atoms with E-state index >= 15 is 0 Å². The van der Waals surface area contributed by atoms with Crippen LogP contribution in [0.3, 0.4) is 0 Å². The molecule has 6 nitrogen and oxygen atoms in total. The number of carbonyl (C=O) groups is 3. The maximum Gasteiger partial charge on any atom is 0.340 e. The van der Waals surface area contributed by atoms with Gasteiger partial charge in [-0.15, -0.1) is 0 Å². The van der Waals surface area contributed by atoms with E-state index in [1.807, 2.05) is 30.3 Å². The van der Waals surface area contributed by atoms with Gasteiger partial charge in [-0.3, -0.25) is 4.79 Å². The van der Waals surface area contributed by atoms with Crippen molar-refractivity contribution in [1.82, 2.24) is 4.90 Å². The minimum Gasteiger partial charge on any atom is -0.465 e. The third-order valence-corrected chi connectivity index (χ3v) is 3.01. The van der Waals surface area contributed by atoms with Crippen molar-refractivity contribution in [2.45, 2.75) is 0 Å². The molecule has 0 aliphatic rings. The van der Waals surface area contributed by atoms with E-state index in [0.29, 0.717) is 0 Å². The molecule has 0 saturated carbocycles.